The first kappa shape index (κ1) is 19.1. The Kier molecular flexibility index (Phi) is 5.12. The number of carbonyl (C=O) groups is 2. The molecule has 0 aliphatic carbocycles. The number of rotatable bonds is 4. The number of carboxylic acid groups (broad SMARTS) is 1. The van der Waals surface area contributed by atoms with E-state index in [2.05, 4.69) is 5.10 Å². The first-order valence-electron chi connectivity index (χ1n) is 8.05. The number of anilines is 1. The minimum Gasteiger partial charge on any atom is -0.478 e. The lowest BCUT2D eigenvalue weighted by Crippen LogP contribution is -2.25. The Bertz CT molecular complexity index is 992. The van der Waals surface area contributed by atoms with Gasteiger partial charge in [-0.15, -0.1) is 0 Å². The number of benzene rings is 2. The fourth-order valence-corrected chi connectivity index (χ4v) is 2.51. The van der Waals surface area contributed by atoms with Gasteiger partial charge in [0, 0.05) is 0 Å². The summed E-state index contributed by atoms with van der Waals surface area (Å²) >= 11 is 0. The standard InChI is InChI=1S/C20H13F3N2O3/c21-20(22,23)17-16(8-4-7-13-5-2-1-3-6-13)18(26)25(24-17)15-11-9-14(10-12-15)19(27)28/h1-12H,(H,27,28). The number of carbonyl (C=O) groups excluding carboxylic acids is 1. The number of hydrogen-bond donors (Lipinski definition) is 1. The van der Waals surface area contributed by atoms with Gasteiger partial charge in [0.25, 0.3) is 5.91 Å². The summed E-state index contributed by atoms with van der Waals surface area (Å²) in [7, 11) is 0. The van der Waals surface area contributed by atoms with Crippen LogP contribution in [0.15, 0.2) is 77.4 Å². The zero-order valence-corrected chi connectivity index (χ0v) is 14.2. The van der Waals surface area contributed by atoms with Crippen molar-refractivity contribution in [2.75, 3.05) is 5.01 Å². The molecule has 0 unspecified atom stereocenters. The van der Waals surface area contributed by atoms with Crippen LogP contribution in [-0.2, 0) is 4.79 Å². The van der Waals surface area contributed by atoms with Crippen molar-refractivity contribution in [2.45, 2.75) is 6.18 Å². The van der Waals surface area contributed by atoms with Crippen molar-refractivity contribution in [2.24, 2.45) is 5.10 Å². The van der Waals surface area contributed by atoms with Crippen LogP contribution < -0.4 is 5.01 Å². The van der Waals surface area contributed by atoms with Crippen LogP contribution in [0.2, 0.25) is 0 Å². The normalized spacial score (nSPS) is 16.1. The van der Waals surface area contributed by atoms with Crippen molar-refractivity contribution >= 4 is 29.4 Å². The zero-order valence-electron chi connectivity index (χ0n) is 14.2. The molecule has 1 amide bonds. The van der Waals surface area contributed by atoms with Crippen LogP contribution in [0.25, 0.3) is 6.08 Å². The molecule has 1 heterocycles. The first-order chi connectivity index (χ1) is 13.3. The molecule has 0 bridgehead atoms. The largest absolute Gasteiger partial charge is 0.478 e. The Balaban J connectivity index is 1.94. The fraction of sp³-hybridized carbons (Fsp3) is 0.0500. The monoisotopic (exact) mass is 386 g/mol. The average molecular weight is 386 g/mol. The third-order valence-electron chi connectivity index (χ3n) is 3.86. The first-order valence-corrected chi connectivity index (χ1v) is 8.05. The highest BCUT2D eigenvalue weighted by molar-refractivity contribution is 6.32. The maximum Gasteiger partial charge on any atom is 0.435 e. The van der Waals surface area contributed by atoms with Crippen molar-refractivity contribution in [3.63, 3.8) is 0 Å². The van der Waals surface area contributed by atoms with Crippen molar-refractivity contribution in [3.05, 3.63) is 83.4 Å². The molecule has 3 rings (SSSR count). The summed E-state index contributed by atoms with van der Waals surface area (Å²) in [6.45, 7) is 0. The summed E-state index contributed by atoms with van der Waals surface area (Å²) in [5.41, 5.74) is -1.17. The van der Waals surface area contributed by atoms with E-state index in [-0.39, 0.29) is 11.3 Å². The summed E-state index contributed by atoms with van der Waals surface area (Å²) in [6.07, 6.45) is -0.843. The molecule has 2 aromatic carbocycles. The zero-order chi connectivity index (χ0) is 20.3. The molecule has 0 spiro atoms. The molecule has 1 N–H and O–H groups in total. The summed E-state index contributed by atoms with van der Waals surface area (Å²) in [6, 6.07) is 13.7. The Morgan fingerprint density at radius 2 is 1.68 bits per heavy atom. The Morgan fingerprint density at radius 3 is 2.25 bits per heavy atom. The molecule has 0 fully saturated rings. The van der Waals surface area contributed by atoms with Gasteiger partial charge in [-0.3, -0.25) is 4.79 Å². The van der Waals surface area contributed by atoms with Gasteiger partial charge in [-0.1, -0.05) is 42.5 Å². The van der Waals surface area contributed by atoms with Gasteiger partial charge in [-0.25, -0.2) is 4.79 Å². The summed E-state index contributed by atoms with van der Waals surface area (Å²) in [5.74, 6) is -2.14. The van der Waals surface area contributed by atoms with Gasteiger partial charge < -0.3 is 5.11 Å². The predicted molar refractivity (Wildman–Crippen MR) is 97.9 cm³/mol. The molecule has 0 atom stereocenters. The Hall–Kier alpha value is -3.68. The molecule has 0 saturated heterocycles. The second kappa shape index (κ2) is 7.51. The van der Waals surface area contributed by atoms with E-state index < -0.39 is 29.3 Å². The van der Waals surface area contributed by atoms with E-state index in [9.17, 15) is 22.8 Å². The van der Waals surface area contributed by atoms with E-state index in [4.69, 9.17) is 5.11 Å². The Morgan fingerprint density at radius 1 is 1.04 bits per heavy atom. The van der Waals surface area contributed by atoms with Gasteiger partial charge in [-0.05, 0) is 35.9 Å². The molecule has 2 aromatic rings. The molecule has 5 nitrogen and oxygen atoms in total. The highest BCUT2D eigenvalue weighted by Crippen LogP contribution is 2.31. The molecule has 1 aliphatic rings. The maximum atomic E-state index is 13.3. The van der Waals surface area contributed by atoms with Gasteiger partial charge in [0.15, 0.2) is 5.71 Å². The van der Waals surface area contributed by atoms with E-state index in [1.807, 2.05) is 0 Å². The summed E-state index contributed by atoms with van der Waals surface area (Å²) in [4.78, 5) is 23.4. The SMILES string of the molecule is O=C(O)c1ccc(N2N=C(C(F)(F)F)C(=CC=Cc3ccccc3)C2=O)cc1. The molecular weight excluding hydrogens is 373 g/mol. The quantitative estimate of drug-likeness (QED) is 0.797. The highest BCUT2D eigenvalue weighted by atomic mass is 19.4. The topological polar surface area (TPSA) is 70.0 Å². The van der Waals surface area contributed by atoms with Crippen LogP contribution in [0.4, 0.5) is 18.9 Å². The van der Waals surface area contributed by atoms with Crippen LogP contribution >= 0.6 is 0 Å². The third-order valence-corrected chi connectivity index (χ3v) is 3.86. The lowest BCUT2D eigenvalue weighted by Gasteiger charge is -2.11. The van der Waals surface area contributed by atoms with Crippen molar-refractivity contribution in [3.8, 4) is 0 Å². The van der Waals surface area contributed by atoms with Crippen LogP contribution in [0.5, 0.6) is 0 Å². The predicted octanol–water partition coefficient (Wildman–Crippen LogP) is 4.29. The van der Waals surface area contributed by atoms with Gasteiger partial charge in [0.1, 0.15) is 0 Å². The highest BCUT2D eigenvalue weighted by Gasteiger charge is 2.46. The molecule has 1 aliphatic heterocycles. The molecule has 28 heavy (non-hydrogen) atoms. The number of allylic oxidation sites excluding steroid dienone is 2. The maximum absolute atomic E-state index is 13.3. The van der Waals surface area contributed by atoms with E-state index in [0.717, 1.165) is 11.6 Å². The van der Waals surface area contributed by atoms with Gasteiger partial charge in [0.05, 0.1) is 16.8 Å². The lowest BCUT2D eigenvalue weighted by atomic mass is 10.1. The van der Waals surface area contributed by atoms with Crippen LogP contribution in [0, 0.1) is 0 Å². The second-order valence-electron chi connectivity index (χ2n) is 5.77. The molecule has 0 aromatic heterocycles. The smallest absolute Gasteiger partial charge is 0.435 e. The number of amides is 1. The van der Waals surface area contributed by atoms with Gasteiger partial charge >= 0.3 is 12.1 Å². The molecule has 0 radical (unpaired) electrons. The summed E-state index contributed by atoms with van der Waals surface area (Å²) in [5, 5.41) is 12.9. The number of halogens is 3. The van der Waals surface area contributed by atoms with Crippen LogP contribution in [-0.4, -0.2) is 28.9 Å². The molecule has 8 heteroatoms. The Labute approximate surface area is 157 Å². The number of aromatic carboxylic acids is 1. The third kappa shape index (κ3) is 4.01. The van der Waals surface area contributed by atoms with Crippen LogP contribution in [0.1, 0.15) is 15.9 Å². The second-order valence-corrected chi connectivity index (χ2v) is 5.77. The number of hydrogen-bond acceptors (Lipinski definition) is 3. The van der Waals surface area contributed by atoms with E-state index >= 15 is 0 Å². The lowest BCUT2D eigenvalue weighted by molar-refractivity contribution is -0.114. The van der Waals surface area contributed by atoms with Gasteiger partial charge in [0.2, 0.25) is 0 Å². The molecular formula is C20H13F3N2O3. The average Bonchev–Trinajstić information content (AvgIpc) is 3.00. The van der Waals surface area contributed by atoms with Crippen molar-refractivity contribution in [1.82, 2.24) is 0 Å². The number of hydrazone groups is 1. The number of nitrogens with zero attached hydrogens (tertiary/aromatic N) is 2. The molecule has 0 saturated carbocycles. The van der Waals surface area contributed by atoms with E-state index in [0.29, 0.717) is 5.01 Å². The number of alkyl halides is 3. The molecule has 142 valence electrons. The van der Waals surface area contributed by atoms with E-state index in [1.165, 1.54) is 30.3 Å². The minimum absolute atomic E-state index is 0.0344. The van der Waals surface area contributed by atoms with E-state index in [1.54, 1.807) is 36.4 Å². The van der Waals surface area contributed by atoms with Crippen molar-refractivity contribution in [1.29, 1.82) is 0 Å². The van der Waals surface area contributed by atoms with Gasteiger partial charge in [-0.2, -0.15) is 23.3 Å². The van der Waals surface area contributed by atoms with Crippen molar-refractivity contribution < 1.29 is 27.9 Å². The fourth-order valence-electron chi connectivity index (χ4n) is 2.51. The summed E-state index contributed by atoms with van der Waals surface area (Å²) < 4.78 is 40.0. The minimum atomic E-state index is -4.82. The number of carboxylic acids is 1. The van der Waals surface area contributed by atoms with Crippen LogP contribution in [0.3, 0.4) is 0 Å².